The summed E-state index contributed by atoms with van der Waals surface area (Å²) in [5.74, 6) is -4.80. The molecule has 0 heterocycles. The lowest BCUT2D eigenvalue weighted by atomic mass is 9.83. The van der Waals surface area contributed by atoms with E-state index in [1.54, 1.807) is 19.1 Å². The first-order valence-electron chi connectivity index (χ1n) is 10.2. The van der Waals surface area contributed by atoms with Crippen LogP contribution in [0.1, 0.15) is 59.8 Å². The molecule has 0 aliphatic heterocycles. The normalized spacial score (nSPS) is 18.5. The van der Waals surface area contributed by atoms with Crippen LogP contribution in [0.15, 0.2) is 30.3 Å². The second-order valence-corrected chi connectivity index (χ2v) is 8.17. The van der Waals surface area contributed by atoms with Gasteiger partial charge in [-0.25, -0.2) is 17.6 Å². The Balaban J connectivity index is 0.000000555. The Morgan fingerprint density at radius 1 is 1.15 bits per heavy atom. The average Bonchev–Trinajstić information content (AvgIpc) is 2.90. The summed E-state index contributed by atoms with van der Waals surface area (Å²) in [6.45, 7) is 3.23. The van der Waals surface area contributed by atoms with Crippen molar-refractivity contribution in [2.45, 2.75) is 58.2 Å². The molecule has 0 saturated heterocycles. The van der Waals surface area contributed by atoms with E-state index < -0.39 is 36.3 Å². The maximum absolute atomic E-state index is 14.8. The maximum atomic E-state index is 14.8. The van der Waals surface area contributed by atoms with Crippen LogP contribution in [0.5, 0.6) is 0 Å². The van der Waals surface area contributed by atoms with Gasteiger partial charge in [0.1, 0.15) is 11.6 Å². The molecule has 1 unspecified atom stereocenters. The molecule has 4 rings (SSSR count). The first kappa shape index (κ1) is 24.8. The van der Waals surface area contributed by atoms with Gasteiger partial charge in [0.25, 0.3) is 5.92 Å². The zero-order valence-corrected chi connectivity index (χ0v) is 18.1. The Bertz CT molecular complexity index is 1110. The molecule has 0 bridgehead atoms. The van der Waals surface area contributed by atoms with Gasteiger partial charge < -0.3 is 4.74 Å². The van der Waals surface area contributed by atoms with E-state index in [-0.39, 0.29) is 18.4 Å². The highest BCUT2D eigenvalue weighted by Crippen LogP contribution is 2.50. The Kier molecular flexibility index (Phi) is 6.64. The molecule has 0 aromatic heterocycles. The van der Waals surface area contributed by atoms with Crippen molar-refractivity contribution in [2.24, 2.45) is 0 Å². The molecule has 9 heteroatoms. The zero-order valence-electron chi connectivity index (χ0n) is 18.1. The van der Waals surface area contributed by atoms with Crippen LogP contribution >= 0.6 is 0 Å². The molecule has 1 atom stereocenters. The summed E-state index contributed by atoms with van der Waals surface area (Å²) >= 11 is 0. The van der Waals surface area contributed by atoms with Gasteiger partial charge in [-0.1, -0.05) is 18.2 Å². The number of nitrogens with one attached hydrogen (secondary N) is 1. The Morgan fingerprint density at radius 3 is 2.39 bits per heavy atom. The van der Waals surface area contributed by atoms with Crippen LogP contribution in [0.3, 0.4) is 0 Å². The van der Waals surface area contributed by atoms with Crippen LogP contribution in [0.2, 0.25) is 0 Å². The SMILES string of the molecule is CC(=N)OC1c2c(C)ccc(C3=CCCc4cc(F)cc(F)c43)c2CC1(F)F.CC(F)(F)F. The molecule has 33 heavy (non-hydrogen) atoms. The number of benzene rings is 2. The van der Waals surface area contributed by atoms with Crippen molar-refractivity contribution in [3.8, 4) is 0 Å². The minimum absolute atomic E-state index is 0.188. The Labute approximate surface area is 186 Å². The minimum atomic E-state index is -4.00. The molecule has 0 fully saturated rings. The van der Waals surface area contributed by atoms with Gasteiger partial charge in [0.2, 0.25) is 0 Å². The van der Waals surface area contributed by atoms with Crippen molar-refractivity contribution in [3.63, 3.8) is 0 Å². The number of ether oxygens (including phenoxy) is 1. The standard InChI is InChI=1S/C22H19F4NO.C2H3F3/c1-11-6-7-15(17-10-22(25,26)21(19(11)17)28-12(2)27)16-5-3-4-13-8-14(23)9-18(24)20(13)16;1-2(3,4)5/h5-9,21,27H,3-4,10H2,1-2H3;1H3. The molecular weight excluding hydrogens is 451 g/mol. The Morgan fingerprint density at radius 2 is 1.79 bits per heavy atom. The van der Waals surface area contributed by atoms with E-state index in [9.17, 15) is 30.7 Å². The lowest BCUT2D eigenvalue weighted by Gasteiger charge is -2.23. The molecule has 2 aromatic carbocycles. The summed E-state index contributed by atoms with van der Waals surface area (Å²) < 4.78 is 94.0. The molecule has 2 aliphatic rings. The van der Waals surface area contributed by atoms with Crippen LogP contribution in [0, 0.1) is 24.0 Å². The second kappa shape index (κ2) is 8.83. The molecule has 2 aromatic rings. The van der Waals surface area contributed by atoms with Gasteiger partial charge in [-0.05, 0) is 53.7 Å². The minimum Gasteiger partial charge on any atom is -0.467 e. The first-order valence-corrected chi connectivity index (χ1v) is 10.2. The van der Waals surface area contributed by atoms with Crippen LogP contribution in [0.4, 0.5) is 30.7 Å². The number of alkyl halides is 5. The third-order valence-electron chi connectivity index (χ3n) is 5.39. The fraction of sp³-hybridized carbons (Fsp3) is 0.375. The summed E-state index contributed by atoms with van der Waals surface area (Å²) in [5, 5.41) is 7.49. The summed E-state index contributed by atoms with van der Waals surface area (Å²) in [6.07, 6.45) is -3.20. The highest BCUT2D eigenvalue weighted by Gasteiger charge is 2.51. The first-order chi connectivity index (χ1) is 15.2. The predicted octanol–water partition coefficient (Wildman–Crippen LogP) is 7.47. The second-order valence-electron chi connectivity index (χ2n) is 8.17. The van der Waals surface area contributed by atoms with Crippen LogP contribution in [-0.2, 0) is 17.6 Å². The molecule has 0 saturated carbocycles. The van der Waals surface area contributed by atoms with Gasteiger partial charge >= 0.3 is 6.18 Å². The predicted molar refractivity (Wildman–Crippen MR) is 111 cm³/mol. The zero-order chi connectivity index (χ0) is 24.7. The average molecular weight is 473 g/mol. The fourth-order valence-electron chi connectivity index (χ4n) is 4.30. The summed E-state index contributed by atoms with van der Waals surface area (Å²) in [4.78, 5) is 0. The smallest absolute Gasteiger partial charge is 0.386 e. The van der Waals surface area contributed by atoms with Crippen LogP contribution < -0.4 is 0 Å². The number of hydrogen-bond donors (Lipinski definition) is 1. The largest absolute Gasteiger partial charge is 0.467 e. The number of fused-ring (bicyclic) bond motifs is 2. The molecule has 0 radical (unpaired) electrons. The Hall–Kier alpha value is -2.84. The molecule has 2 aliphatic carbocycles. The van der Waals surface area contributed by atoms with Crippen LogP contribution in [-0.4, -0.2) is 18.0 Å². The van der Waals surface area contributed by atoms with Crippen molar-refractivity contribution in [3.05, 3.63) is 75.4 Å². The topological polar surface area (TPSA) is 33.1 Å². The molecule has 1 N–H and O–H groups in total. The number of rotatable bonds is 2. The van der Waals surface area contributed by atoms with Crippen molar-refractivity contribution in [1.29, 1.82) is 5.41 Å². The maximum Gasteiger partial charge on any atom is 0.386 e. The van der Waals surface area contributed by atoms with Gasteiger partial charge in [0, 0.05) is 37.5 Å². The highest BCUT2D eigenvalue weighted by molar-refractivity contribution is 5.85. The monoisotopic (exact) mass is 473 g/mol. The third-order valence-corrected chi connectivity index (χ3v) is 5.39. The number of aryl methyl sites for hydroxylation is 2. The van der Waals surface area contributed by atoms with Crippen LogP contribution in [0.25, 0.3) is 5.57 Å². The van der Waals surface area contributed by atoms with Gasteiger partial charge in [-0.3, -0.25) is 5.41 Å². The molecule has 2 nitrogen and oxygen atoms in total. The summed E-state index contributed by atoms with van der Waals surface area (Å²) in [5.41, 5.74) is 3.23. The van der Waals surface area contributed by atoms with Gasteiger partial charge in [0.15, 0.2) is 12.0 Å². The van der Waals surface area contributed by atoms with Gasteiger partial charge in [-0.2, -0.15) is 13.2 Å². The number of allylic oxidation sites excluding steroid dienone is 1. The van der Waals surface area contributed by atoms with E-state index in [1.165, 1.54) is 13.0 Å². The summed E-state index contributed by atoms with van der Waals surface area (Å²) in [6, 6.07) is 5.56. The van der Waals surface area contributed by atoms with Crippen molar-refractivity contribution >= 4 is 11.5 Å². The lowest BCUT2D eigenvalue weighted by Crippen LogP contribution is -2.26. The third kappa shape index (κ3) is 5.39. The highest BCUT2D eigenvalue weighted by atomic mass is 19.4. The quantitative estimate of drug-likeness (QED) is 0.274. The van der Waals surface area contributed by atoms with E-state index in [0.717, 1.165) is 6.07 Å². The number of halogens is 7. The molecule has 0 spiro atoms. The van der Waals surface area contributed by atoms with E-state index in [4.69, 9.17) is 10.1 Å². The van der Waals surface area contributed by atoms with E-state index in [1.807, 2.05) is 6.08 Å². The van der Waals surface area contributed by atoms with Gasteiger partial charge in [0.05, 0.1) is 0 Å². The van der Waals surface area contributed by atoms with Crippen molar-refractivity contribution in [1.82, 2.24) is 0 Å². The van der Waals surface area contributed by atoms with E-state index >= 15 is 0 Å². The summed E-state index contributed by atoms with van der Waals surface area (Å²) in [7, 11) is 0. The van der Waals surface area contributed by atoms with Crippen molar-refractivity contribution < 1.29 is 35.5 Å². The van der Waals surface area contributed by atoms with Crippen molar-refractivity contribution in [2.75, 3.05) is 0 Å². The van der Waals surface area contributed by atoms with E-state index in [2.05, 4.69) is 0 Å². The molecule has 0 amide bonds. The number of hydrogen-bond acceptors (Lipinski definition) is 2. The molecular formula is C24H22F7NO. The van der Waals surface area contributed by atoms with E-state index in [0.29, 0.717) is 46.2 Å². The molecule has 178 valence electrons. The van der Waals surface area contributed by atoms with Gasteiger partial charge in [-0.15, -0.1) is 0 Å². The fourth-order valence-corrected chi connectivity index (χ4v) is 4.30. The lowest BCUT2D eigenvalue weighted by molar-refractivity contribution is -0.110.